The van der Waals surface area contributed by atoms with Gasteiger partial charge in [-0.1, -0.05) is 66.7 Å². The van der Waals surface area contributed by atoms with Gasteiger partial charge in [-0.05, 0) is 48.4 Å². The first-order valence-corrected chi connectivity index (χ1v) is 11.4. The number of aryl methyl sites for hydroxylation is 1. The predicted octanol–water partition coefficient (Wildman–Crippen LogP) is 6.15. The summed E-state index contributed by atoms with van der Waals surface area (Å²) in [5.74, 6) is 1.82. The van der Waals surface area contributed by atoms with Crippen LogP contribution in [0.5, 0.6) is 5.75 Å². The summed E-state index contributed by atoms with van der Waals surface area (Å²) in [6, 6.07) is 31.0. The van der Waals surface area contributed by atoms with Crippen LogP contribution in [-0.4, -0.2) is 12.1 Å². The van der Waals surface area contributed by atoms with E-state index < -0.39 is 5.25 Å². The smallest absolute Gasteiger partial charge is 0.258 e. The summed E-state index contributed by atoms with van der Waals surface area (Å²) in [5, 5.41) is 3.67. The van der Waals surface area contributed by atoms with Crippen molar-refractivity contribution in [3.63, 3.8) is 0 Å². The van der Waals surface area contributed by atoms with Crippen LogP contribution in [0.2, 0.25) is 0 Å². The molecule has 0 bridgehead atoms. The van der Waals surface area contributed by atoms with E-state index in [0.29, 0.717) is 18.1 Å². The molecule has 1 amide bonds. The molecular weight excluding hydrogens is 432 g/mol. The number of nitrogens with zero attached hydrogens (tertiary/aromatic N) is 1. The average Bonchev–Trinajstić information content (AvgIpc) is 3.31. The van der Waals surface area contributed by atoms with Gasteiger partial charge in [0, 0.05) is 4.90 Å². The quantitative estimate of drug-likeness (QED) is 0.186. The highest BCUT2D eigenvalue weighted by Crippen LogP contribution is 2.35. The summed E-state index contributed by atoms with van der Waals surface area (Å²) >= 11 is 1.48. The van der Waals surface area contributed by atoms with Gasteiger partial charge in [-0.15, -0.1) is 11.8 Å². The molecule has 1 atom stereocenters. The molecule has 5 nitrogen and oxygen atoms in total. The van der Waals surface area contributed by atoms with Crippen molar-refractivity contribution in [1.82, 2.24) is 5.43 Å². The number of carbonyl (C=O) groups excluding carboxylic acids is 1. The average molecular weight is 457 g/mol. The third-order valence-electron chi connectivity index (χ3n) is 4.85. The molecule has 3 aromatic carbocycles. The molecular formula is C27H24N2O3S. The molecule has 4 rings (SSSR count). The molecule has 1 unspecified atom stereocenters. The molecule has 6 heteroatoms. The summed E-state index contributed by atoms with van der Waals surface area (Å²) in [4.78, 5) is 13.9. The fraction of sp³-hybridized carbons (Fsp3) is 0.111. The van der Waals surface area contributed by atoms with Crippen LogP contribution in [0.4, 0.5) is 0 Å². The zero-order chi connectivity index (χ0) is 22.9. The number of carbonyl (C=O) groups is 1. The summed E-state index contributed by atoms with van der Waals surface area (Å²) in [6.07, 6.45) is 1.49. The van der Waals surface area contributed by atoms with Crippen molar-refractivity contribution < 1.29 is 13.9 Å². The number of benzene rings is 3. The van der Waals surface area contributed by atoms with Crippen LogP contribution in [0.3, 0.4) is 0 Å². The minimum atomic E-state index is -0.430. The topological polar surface area (TPSA) is 63.8 Å². The molecule has 33 heavy (non-hydrogen) atoms. The maximum atomic E-state index is 12.9. The van der Waals surface area contributed by atoms with Gasteiger partial charge in [0.2, 0.25) is 0 Å². The van der Waals surface area contributed by atoms with Gasteiger partial charge >= 0.3 is 0 Å². The van der Waals surface area contributed by atoms with Gasteiger partial charge in [0.15, 0.2) is 0 Å². The van der Waals surface area contributed by atoms with Crippen molar-refractivity contribution in [3.8, 4) is 5.75 Å². The van der Waals surface area contributed by atoms with E-state index in [1.54, 1.807) is 6.07 Å². The highest BCUT2D eigenvalue weighted by Gasteiger charge is 2.21. The predicted molar refractivity (Wildman–Crippen MR) is 131 cm³/mol. The highest BCUT2D eigenvalue weighted by molar-refractivity contribution is 8.00. The fourth-order valence-corrected chi connectivity index (χ4v) is 4.20. The Morgan fingerprint density at radius 3 is 2.42 bits per heavy atom. The SMILES string of the molecule is Cc1ccccc1OCc1ccc(C=NNC(=O)C(Sc2ccccc2)c2ccccc2)o1. The van der Waals surface area contributed by atoms with Crippen LogP contribution >= 0.6 is 11.8 Å². The third kappa shape index (κ3) is 6.37. The monoisotopic (exact) mass is 456 g/mol. The lowest BCUT2D eigenvalue weighted by atomic mass is 10.1. The zero-order valence-electron chi connectivity index (χ0n) is 18.2. The number of hydrogen-bond donors (Lipinski definition) is 1. The second-order valence-electron chi connectivity index (χ2n) is 7.31. The molecule has 0 aliphatic heterocycles. The molecule has 0 saturated heterocycles. The number of para-hydroxylation sites is 1. The van der Waals surface area contributed by atoms with E-state index in [2.05, 4.69) is 10.5 Å². The first kappa shape index (κ1) is 22.4. The lowest BCUT2D eigenvalue weighted by molar-refractivity contribution is -0.120. The molecule has 0 aliphatic rings. The minimum Gasteiger partial charge on any atom is -0.485 e. The lowest BCUT2D eigenvalue weighted by Crippen LogP contribution is -2.23. The van der Waals surface area contributed by atoms with Crippen LogP contribution in [0, 0.1) is 6.92 Å². The molecule has 166 valence electrons. The van der Waals surface area contributed by atoms with E-state index in [-0.39, 0.29) is 5.91 Å². The lowest BCUT2D eigenvalue weighted by Gasteiger charge is -2.15. The third-order valence-corrected chi connectivity index (χ3v) is 6.12. The molecule has 4 aromatic rings. The number of hydrazone groups is 1. The molecule has 0 aliphatic carbocycles. The molecule has 0 saturated carbocycles. The first-order chi connectivity index (χ1) is 16.2. The normalized spacial score (nSPS) is 11.9. The van der Waals surface area contributed by atoms with Gasteiger partial charge < -0.3 is 9.15 Å². The Balaban J connectivity index is 1.37. The Hall–Kier alpha value is -3.77. The van der Waals surface area contributed by atoms with Gasteiger partial charge in [0.1, 0.15) is 29.1 Å². The second kappa shape index (κ2) is 11.2. The van der Waals surface area contributed by atoms with Gasteiger partial charge in [-0.3, -0.25) is 4.79 Å². The van der Waals surface area contributed by atoms with E-state index in [1.807, 2.05) is 97.9 Å². The van der Waals surface area contributed by atoms with E-state index in [1.165, 1.54) is 18.0 Å². The van der Waals surface area contributed by atoms with Crippen LogP contribution in [0.1, 0.15) is 27.9 Å². The van der Waals surface area contributed by atoms with Crippen LogP contribution in [0.15, 0.2) is 111 Å². The summed E-state index contributed by atoms with van der Waals surface area (Å²) < 4.78 is 11.5. The van der Waals surface area contributed by atoms with Crippen molar-refractivity contribution in [1.29, 1.82) is 0 Å². The molecule has 0 fully saturated rings. The molecule has 1 aromatic heterocycles. The number of amides is 1. The van der Waals surface area contributed by atoms with E-state index >= 15 is 0 Å². The Morgan fingerprint density at radius 1 is 0.970 bits per heavy atom. The Bertz CT molecular complexity index is 1210. The van der Waals surface area contributed by atoms with Crippen molar-refractivity contribution in [2.24, 2.45) is 5.10 Å². The van der Waals surface area contributed by atoms with Gasteiger partial charge in [-0.25, -0.2) is 5.43 Å². The second-order valence-corrected chi connectivity index (χ2v) is 8.49. The summed E-state index contributed by atoms with van der Waals surface area (Å²) in [6.45, 7) is 2.31. The van der Waals surface area contributed by atoms with Crippen LogP contribution in [-0.2, 0) is 11.4 Å². The highest BCUT2D eigenvalue weighted by atomic mass is 32.2. The van der Waals surface area contributed by atoms with Gasteiger partial charge in [0.05, 0.1) is 6.21 Å². The Labute approximate surface area is 197 Å². The van der Waals surface area contributed by atoms with Crippen molar-refractivity contribution in [2.45, 2.75) is 23.7 Å². The Morgan fingerprint density at radius 2 is 1.67 bits per heavy atom. The maximum absolute atomic E-state index is 12.9. The van der Waals surface area contributed by atoms with Crippen molar-refractivity contribution >= 4 is 23.9 Å². The fourth-order valence-electron chi connectivity index (χ4n) is 3.16. The maximum Gasteiger partial charge on any atom is 0.258 e. The summed E-state index contributed by atoms with van der Waals surface area (Å²) in [5.41, 5.74) is 4.62. The van der Waals surface area contributed by atoms with Crippen molar-refractivity contribution in [2.75, 3.05) is 0 Å². The number of ether oxygens (including phenoxy) is 1. The number of nitrogens with one attached hydrogen (secondary N) is 1. The summed E-state index contributed by atoms with van der Waals surface area (Å²) in [7, 11) is 0. The number of furan rings is 1. The number of thioether (sulfide) groups is 1. The minimum absolute atomic E-state index is 0.207. The van der Waals surface area contributed by atoms with E-state index in [0.717, 1.165) is 21.8 Å². The van der Waals surface area contributed by atoms with E-state index in [4.69, 9.17) is 9.15 Å². The van der Waals surface area contributed by atoms with Gasteiger partial charge in [0.25, 0.3) is 5.91 Å². The van der Waals surface area contributed by atoms with Crippen LogP contribution < -0.4 is 10.2 Å². The molecule has 1 N–H and O–H groups in total. The number of rotatable bonds is 9. The number of hydrogen-bond acceptors (Lipinski definition) is 5. The molecule has 0 radical (unpaired) electrons. The molecule has 1 heterocycles. The van der Waals surface area contributed by atoms with Gasteiger partial charge in [-0.2, -0.15) is 5.10 Å². The molecule has 0 spiro atoms. The van der Waals surface area contributed by atoms with Crippen molar-refractivity contribution in [3.05, 3.63) is 120 Å². The zero-order valence-corrected chi connectivity index (χ0v) is 19.0. The van der Waals surface area contributed by atoms with Crippen LogP contribution in [0.25, 0.3) is 0 Å². The Kier molecular flexibility index (Phi) is 7.61. The largest absolute Gasteiger partial charge is 0.485 e. The first-order valence-electron chi connectivity index (χ1n) is 10.6. The van der Waals surface area contributed by atoms with E-state index in [9.17, 15) is 4.79 Å². The standard InChI is InChI=1S/C27H24N2O3S/c1-20-10-8-9-15-25(20)31-19-23-17-16-22(32-23)18-28-29-27(30)26(21-11-4-2-5-12-21)33-24-13-6-3-7-14-24/h2-18,26H,19H2,1H3,(H,29,30).